The number of nitrogens with zero attached hydrogens (tertiary/aromatic N) is 3. The first kappa shape index (κ1) is 22.7. The van der Waals surface area contributed by atoms with Gasteiger partial charge in [-0.1, -0.05) is 22.9 Å². The first-order valence-corrected chi connectivity index (χ1v) is 12.2. The van der Waals surface area contributed by atoms with Crippen LogP contribution in [0.1, 0.15) is 40.6 Å². The van der Waals surface area contributed by atoms with Crippen molar-refractivity contribution in [2.75, 3.05) is 18.4 Å². The molecule has 32 heavy (non-hydrogen) atoms. The van der Waals surface area contributed by atoms with Crippen LogP contribution in [0.3, 0.4) is 0 Å². The third kappa shape index (κ3) is 4.49. The van der Waals surface area contributed by atoms with Crippen molar-refractivity contribution >= 4 is 55.0 Å². The number of benzene rings is 1. The van der Waals surface area contributed by atoms with Crippen LogP contribution in [0, 0.1) is 19.8 Å². The van der Waals surface area contributed by atoms with Gasteiger partial charge in [0.05, 0.1) is 16.6 Å². The number of likely N-dealkylation sites (tertiary alicyclic amines) is 1. The highest BCUT2D eigenvalue weighted by Crippen LogP contribution is 2.28. The summed E-state index contributed by atoms with van der Waals surface area (Å²) in [5.41, 5.74) is 1.93. The monoisotopic (exact) mass is 516 g/mol. The van der Waals surface area contributed by atoms with Gasteiger partial charge in [-0.2, -0.15) is 0 Å². The summed E-state index contributed by atoms with van der Waals surface area (Å²) in [7, 11) is 0. The Balaban J connectivity index is 1.58. The number of rotatable bonds is 4. The van der Waals surface area contributed by atoms with Gasteiger partial charge in [-0.05, 0) is 61.9 Å². The lowest BCUT2D eigenvalue weighted by Crippen LogP contribution is -2.41. The summed E-state index contributed by atoms with van der Waals surface area (Å²) in [6, 6.07) is 5.62. The Kier molecular flexibility index (Phi) is 6.48. The molecule has 168 valence electrons. The number of anilines is 1. The highest BCUT2D eigenvalue weighted by molar-refractivity contribution is 9.10. The summed E-state index contributed by atoms with van der Waals surface area (Å²) in [6.07, 6.45) is 3.38. The van der Waals surface area contributed by atoms with E-state index in [1.165, 1.54) is 22.2 Å². The number of halogens is 1. The average Bonchev–Trinajstić information content (AvgIpc) is 3.10. The van der Waals surface area contributed by atoms with Crippen LogP contribution in [0.15, 0.2) is 33.8 Å². The lowest BCUT2D eigenvalue weighted by atomic mass is 9.99. The molecule has 3 aromatic rings. The van der Waals surface area contributed by atoms with Crippen LogP contribution in [0.4, 0.5) is 5.69 Å². The molecule has 0 aliphatic carbocycles. The van der Waals surface area contributed by atoms with Crippen molar-refractivity contribution in [1.82, 2.24) is 14.5 Å². The first-order valence-electron chi connectivity index (χ1n) is 10.6. The molecule has 0 spiro atoms. The van der Waals surface area contributed by atoms with Gasteiger partial charge in [0.1, 0.15) is 11.4 Å². The van der Waals surface area contributed by atoms with Crippen LogP contribution in [-0.4, -0.2) is 39.4 Å². The highest BCUT2D eigenvalue weighted by atomic mass is 79.9. The molecule has 1 aromatic carbocycles. The predicted molar refractivity (Wildman–Crippen MR) is 130 cm³/mol. The van der Waals surface area contributed by atoms with E-state index in [4.69, 9.17) is 0 Å². The molecule has 0 saturated carbocycles. The molecule has 0 atom stereocenters. The quantitative estimate of drug-likeness (QED) is 0.558. The summed E-state index contributed by atoms with van der Waals surface area (Å²) >= 11 is 4.61. The minimum Gasteiger partial charge on any atom is -0.341 e. The van der Waals surface area contributed by atoms with Crippen molar-refractivity contribution in [2.45, 2.75) is 40.2 Å². The zero-order chi connectivity index (χ0) is 23.0. The summed E-state index contributed by atoms with van der Waals surface area (Å²) < 4.78 is 2.28. The van der Waals surface area contributed by atoms with Crippen molar-refractivity contribution < 1.29 is 9.59 Å². The summed E-state index contributed by atoms with van der Waals surface area (Å²) in [5.74, 6) is 0.274. The molecule has 1 N–H and O–H groups in total. The summed E-state index contributed by atoms with van der Waals surface area (Å²) in [6.45, 7) is 7.27. The smallest absolute Gasteiger partial charge is 0.266 e. The Bertz CT molecular complexity index is 1260. The van der Waals surface area contributed by atoms with Crippen LogP contribution >= 0.6 is 27.3 Å². The second-order valence-corrected chi connectivity index (χ2v) is 10.3. The second kappa shape index (κ2) is 9.15. The van der Waals surface area contributed by atoms with Crippen molar-refractivity contribution in [3.63, 3.8) is 0 Å². The summed E-state index contributed by atoms with van der Waals surface area (Å²) in [4.78, 5) is 45.9. The molecule has 1 fully saturated rings. The molecule has 3 heterocycles. The van der Waals surface area contributed by atoms with E-state index >= 15 is 0 Å². The third-order valence-electron chi connectivity index (χ3n) is 6.00. The lowest BCUT2D eigenvalue weighted by Gasteiger charge is -2.30. The molecular formula is C23H25BrN4O3S. The van der Waals surface area contributed by atoms with Crippen LogP contribution in [-0.2, 0) is 11.3 Å². The standard InChI is InChI=1S/C23H25BrN4O3S/c1-13-6-8-27(9-7-13)18(29)11-28-12-25-22-19(23(28)31)15(3)20(32-22)21(30)26-17-5-4-16(24)10-14(17)2/h4-5,10,12-13H,6-9,11H2,1-3H3,(H,26,30). The minimum absolute atomic E-state index is 0.0366. The maximum absolute atomic E-state index is 13.1. The number of fused-ring (bicyclic) bond motifs is 1. The van der Waals surface area contributed by atoms with Crippen LogP contribution in [0.2, 0.25) is 0 Å². The Hall–Kier alpha value is -2.52. The van der Waals surface area contributed by atoms with Crippen molar-refractivity contribution in [3.05, 3.63) is 55.4 Å². The Morgan fingerprint density at radius 1 is 1.25 bits per heavy atom. The maximum Gasteiger partial charge on any atom is 0.266 e. The van der Waals surface area contributed by atoms with E-state index in [1.807, 2.05) is 30.0 Å². The topological polar surface area (TPSA) is 84.3 Å². The molecular weight excluding hydrogens is 492 g/mol. The average molecular weight is 517 g/mol. The number of thiophene rings is 1. The van der Waals surface area contributed by atoms with Crippen LogP contribution < -0.4 is 10.9 Å². The van der Waals surface area contributed by atoms with Gasteiger partial charge in [0.25, 0.3) is 11.5 Å². The fourth-order valence-corrected chi connectivity index (χ4v) is 5.45. The van der Waals surface area contributed by atoms with Gasteiger partial charge in [0.2, 0.25) is 5.91 Å². The van der Waals surface area contributed by atoms with Gasteiger partial charge in [0, 0.05) is 23.2 Å². The number of carbonyl (C=O) groups excluding carboxylic acids is 2. The van der Waals surface area contributed by atoms with Gasteiger partial charge in [-0.25, -0.2) is 4.98 Å². The number of piperidine rings is 1. The molecule has 1 aliphatic rings. The van der Waals surface area contributed by atoms with Gasteiger partial charge >= 0.3 is 0 Å². The second-order valence-electron chi connectivity index (χ2n) is 8.39. The largest absolute Gasteiger partial charge is 0.341 e. The number of hydrogen-bond donors (Lipinski definition) is 1. The summed E-state index contributed by atoms with van der Waals surface area (Å²) in [5, 5.41) is 3.32. The van der Waals surface area contributed by atoms with E-state index < -0.39 is 0 Å². The van der Waals surface area contributed by atoms with E-state index in [0.29, 0.717) is 32.3 Å². The maximum atomic E-state index is 13.1. The van der Waals surface area contributed by atoms with E-state index in [-0.39, 0.29) is 23.9 Å². The van der Waals surface area contributed by atoms with Crippen molar-refractivity contribution in [2.24, 2.45) is 5.92 Å². The zero-order valence-corrected chi connectivity index (χ0v) is 20.7. The number of nitrogens with one attached hydrogen (secondary N) is 1. The molecule has 1 saturated heterocycles. The number of carbonyl (C=O) groups is 2. The van der Waals surface area contributed by atoms with E-state index in [2.05, 4.69) is 33.2 Å². The fourth-order valence-electron chi connectivity index (χ4n) is 3.94. The van der Waals surface area contributed by atoms with Gasteiger partial charge in [-0.15, -0.1) is 11.3 Å². The Morgan fingerprint density at radius 3 is 2.66 bits per heavy atom. The SMILES string of the molecule is Cc1cc(Br)ccc1NC(=O)c1sc2ncn(CC(=O)N3CCC(C)CC3)c(=O)c2c1C. The minimum atomic E-state index is -0.290. The predicted octanol–water partition coefficient (Wildman–Crippen LogP) is 4.35. The number of hydrogen-bond acceptors (Lipinski definition) is 5. The van der Waals surface area contributed by atoms with Crippen molar-refractivity contribution in [1.29, 1.82) is 0 Å². The molecule has 7 nitrogen and oxygen atoms in total. The normalized spacial score (nSPS) is 14.7. The van der Waals surface area contributed by atoms with Gasteiger partial charge < -0.3 is 10.2 Å². The van der Waals surface area contributed by atoms with Crippen LogP contribution in [0.25, 0.3) is 10.2 Å². The highest BCUT2D eigenvalue weighted by Gasteiger charge is 2.23. The van der Waals surface area contributed by atoms with Crippen LogP contribution in [0.5, 0.6) is 0 Å². The van der Waals surface area contributed by atoms with E-state index in [9.17, 15) is 14.4 Å². The zero-order valence-electron chi connectivity index (χ0n) is 18.3. The molecule has 2 aromatic heterocycles. The van der Waals surface area contributed by atoms with Gasteiger partial charge in [0.15, 0.2) is 0 Å². The third-order valence-corrected chi connectivity index (χ3v) is 7.69. The molecule has 0 radical (unpaired) electrons. The Labute approximate surface area is 198 Å². The fraction of sp³-hybridized carbons (Fsp3) is 0.391. The molecule has 1 aliphatic heterocycles. The molecule has 0 unspecified atom stereocenters. The van der Waals surface area contributed by atoms with Gasteiger partial charge in [-0.3, -0.25) is 19.0 Å². The van der Waals surface area contributed by atoms with E-state index in [1.54, 1.807) is 6.92 Å². The van der Waals surface area contributed by atoms with Crippen molar-refractivity contribution in [3.8, 4) is 0 Å². The number of amides is 2. The lowest BCUT2D eigenvalue weighted by molar-refractivity contribution is -0.133. The molecule has 0 bridgehead atoms. The van der Waals surface area contributed by atoms with E-state index in [0.717, 1.165) is 36.0 Å². The molecule has 4 rings (SSSR count). The molecule has 2 amide bonds. The number of aryl methyl sites for hydroxylation is 2. The Morgan fingerprint density at radius 2 is 1.97 bits per heavy atom. The number of aromatic nitrogens is 2. The first-order chi connectivity index (χ1) is 15.2. The molecule has 9 heteroatoms.